The van der Waals surface area contributed by atoms with Gasteiger partial charge in [-0.15, -0.1) is 11.3 Å². The Labute approximate surface area is 119 Å². The number of Topliss-reactive ketones (excluding diaryl/α,β-unsaturated/α-hetero) is 2. The molecule has 1 aromatic rings. The summed E-state index contributed by atoms with van der Waals surface area (Å²) in [5.41, 5.74) is 0. The second-order valence-corrected chi connectivity index (χ2v) is 6.50. The van der Waals surface area contributed by atoms with Crippen LogP contribution in [0, 0.1) is 11.8 Å². The van der Waals surface area contributed by atoms with Gasteiger partial charge in [-0.2, -0.15) is 0 Å². The molecule has 1 heterocycles. The molecule has 1 aromatic heterocycles. The van der Waals surface area contributed by atoms with Crippen molar-refractivity contribution in [2.45, 2.75) is 51.9 Å². The fraction of sp³-hybridized carbons (Fsp3) is 0.625. The Bertz CT molecular complexity index is 416. The van der Waals surface area contributed by atoms with Crippen LogP contribution in [-0.2, 0) is 4.79 Å². The molecule has 0 aliphatic heterocycles. The Kier molecular flexibility index (Phi) is 5.32. The van der Waals surface area contributed by atoms with Crippen LogP contribution in [0.25, 0.3) is 0 Å². The van der Waals surface area contributed by atoms with E-state index in [1.54, 1.807) is 0 Å². The number of ketones is 2. The predicted octanol–water partition coefficient (Wildman–Crippen LogP) is 4.50. The van der Waals surface area contributed by atoms with Crippen molar-refractivity contribution in [2.75, 3.05) is 0 Å². The molecule has 2 nitrogen and oxygen atoms in total. The van der Waals surface area contributed by atoms with E-state index in [9.17, 15) is 9.59 Å². The van der Waals surface area contributed by atoms with E-state index in [2.05, 4.69) is 0 Å². The molecule has 1 unspecified atom stereocenters. The maximum absolute atomic E-state index is 12.2. The second kappa shape index (κ2) is 6.99. The van der Waals surface area contributed by atoms with Gasteiger partial charge in [0, 0.05) is 18.8 Å². The monoisotopic (exact) mass is 278 g/mol. The van der Waals surface area contributed by atoms with E-state index in [-0.39, 0.29) is 17.5 Å². The molecule has 19 heavy (non-hydrogen) atoms. The van der Waals surface area contributed by atoms with Crippen LogP contribution in [-0.4, -0.2) is 11.6 Å². The van der Waals surface area contributed by atoms with Gasteiger partial charge in [0.05, 0.1) is 4.88 Å². The molecule has 1 atom stereocenters. The van der Waals surface area contributed by atoms with Gasteiger partial charge in [-0.3, -0.25) is 9.59 Å². The fourth-order valence-electron chi connectivity index (χ4n) is 2.92. The molecule has 1 aliphatic rings. The van der Waals surface area contributed by atoms with Gasteiger partial charge in [0.1, 0.15) is 5.78 Å². The van der Waals surface area contributed by atoms with Gasteiger partial charge < -0.3 is 0 Å². The van der Waals surface area contributed by atoms with Gasteiger partial charge in [0.15, 0.2) is 5.78 Å². The Hall–Kier alpha value is -0.960. The summed E-state index contributed by atoms with van der Waals surface area (Å²) in [7, 11) is 0. The molecule has 1 saturated carbocycles. The Balaban J connectivity index is 1.78. The minimum atomic E-state index is 0.110. The summed E-state index contributed by atoms with van der Waals surface area (Å²) in [6, 6.07) is 3.71. The highest BCUT2D eigenvalue weighted by Crippen LogP contribution is 2.31. The minimum absolute atomic E-state index is 0.110. The SMILES string of the molecule is CC(C(=O)CCC(=O)c1cccs1)C1CCCCC1. The van der Waals surface area contributed by atoms with Crippen LogP contribution in [0.4, 0.5) is 0 Å². The van der Waals surface area contributed by atoms with Crippen LogP contribution in [0.5, 0.6) is 0 Å². The number of carbonyl (C=O) groups is 2. The van der Waals surface area contributed by atoms with Crippen molar-refractivity contribution in [3.05, 3.63) is 22.4 Å². The third-order valence-corrected chi connectivity index (χ3v) is 5.17. The van der Waals surface area contributed by atoms with Crippen LogP contribution in [0.1, 0.15) is 61.5 Å². The summed E-state index contributed by atoms with van der Waals surface area (Å²) < 4.78 is 0. The van der Waals surface area contributed by atoms with E-state index in [1.165, 1.54) is 43.4 Å². The first-order chi connectivity index (χ1) is 9.18. The van der Waals surface area contributed by atoms with Crippen LogP contribution in [0.2, 0.25) is 0 Å². The van der Waals surface area contributed by atoms with E-state index in [4.69, 9.17) is 0 Å². The molecule has 0 saturated heterocycles. The number of rotatable bonds is 6. The van der Waals surface area contributed by atoms with Crippen molar-refractivity contribution >= 4 is 22.9 Å². The fourth-order valence-corrected chi connectivity index (χ4v) is 3.62. The maximum Gasteiger partial charge on any atom is 0.173 e. The highest BCUT2D eigenvalue weighted by atomic mass is 32.1. The van der Waals surface area contributed by atoms with E-state index < -0.39 is 0 Å². The molecule has 2 rings (SSSR count). The highest BCUT2D eigenvalue weighted by molar-refractivity contribution is 7.12. The van der Waals surface area contributed by atoms with Crippen LogP contribution in [0.15, 0.2) is 17.5 Å². The molecule has 0 amide bonds. The lowest BCUT2D eigenvalue weighted by molar-refractivity contribution is -0.124. The van der Waals surface area contributed by atoms with Crippen LogP contribution < -0.4 is 0 Å². The Morgan fingerprint density at radius 2 is 2.00 bits per heavy atom. The molecule has 0 spiro atoms. The third kappa shape index (κ3) is 4.00. The van der Waals surface area contributed by atoms with Gasteiger partial charge >= 0.3 is 0 Å². The zero-order valence-corrected chi connectivity index (χ0v) is 12.4. The normalized spacial score (nSPS) is 18.2. The first-order valence-electron chi connectivity index (χ1n) is 7.28. The topological polar surface area (TPSA) is 34.1 Å². The van der Waals surface area contributed by atoms with Gasteiger partial charge in [-0.25, -0.2) is 0 Å². The summed E-state index contributed by atoms with van der Waals surface area (Å²) in [6.07, 6.45) is 6.99. The van der Waals surface area contributed by atoms with Crippen molar-refractivity contribution in [1.29, 1.82) is 0 Å². The molecular formula is C16H22O2S. The van der Waals surface area contributed by atoms with Crippen molar-refractivity contribution < 1.29 is 9.59 Å². The van der Waals surface area contributed by atoms with E-state index >= 15 is 0 Å². The molecule has 0 radical (unpaired) electrons. The lowest BCUT2D eigenvalue weighted by Gasteiger charge is -2.26. The van der Waals surface area contributed by atoms with E-state index in [1.807, 2.05) is 24.4 Å². The number of hydrogen-bond acceptors (Lipinski definition) is 3. The van der Waals surface area contributed by atoms with Crippen LogP contribution >= 0.6 is 11.3 Å². The minimum Gasteiger partial charge on any atom is -0.299 e. The smallest absolute Gasteiger partial charge is 0.173 e. The van der Waals surface area contributed by atoms with Gasteiger partial charge in [0.2, 0.25) is 0 Å². The zero-order valence-electron chi connectivity index (χ0n) is 11.6. The summed E-state index contributed by atoms with van der Waals surface area (Å²) >= 11 is 1.46. The van der Waals surface area contributed by atoms with Crippen molar-refractivity contribution in [2.24, 2.45) is 11.8 Å². The summed E-state index contributed by atoms with van der Waals surface area (Å²) in [6.45, 7) is 2.05. The zero-order chi connectivity index (χ0) is 13.7. The predicted molar refractivity (Wildman–Crippen MR) is 78.6 cm³/mol. The number of thiophene rings is 1. The molecule has 1 aliphatic carbocycles. The van der Waals surface area contributed by atoms with E-state index in [0.717, 1.165) is 4.88 Å². The lowest BCUT2D eigenvalue weighted by Crippen LogP contribution is -2.23. The van der Waals surface area contributed by atoms with Gasteiger partial charge in [0.25, 0.3) is 0 Å². The largest absolute Gasteiger partial charge is 0.299 e. The maximum atomic E-state index is 12.2. The highest BCUT2D eigenvalue weighted by Gasteiger charge is 2.25. The quantitative estimate of drug-likeness (QED) is 0.718. The van der Waals surface area contributed by atoms with Crippen LogP contribution in [0.3, 0.4) is 0 Å². The first-order valence-corrected chi connectivity index (χ1v) is 8.16. The lowest BCUT2D eigenvalue weighted by atomic mass is 9.78. The van der Waals surface area contributed by atoms with Crippen molar-refractivity contribution in [3.8, 4) is 0 Å². The molecular weight excluding hydrogens is 256 g/mol. The standard InChI is InChI=1S/C16H22O2S/c1-12(13-6-3-2-4-7-13)14(17)9-10-15(18)16-8-5-11-19-16/h5,8,11-13H,2-4,6-7,9-10H2,1H3. The Morgan fingerprint density at radius 1 is 1.26 bits per heavy atom. The third-order valence-electron chi connectivity index (χ3n) is 4.26. The summed E-state index contributed by atoms with van der Waals surface area (Å²) in [5.74, 6) is 1.07. The summed E-state index contributed by atoms with van der Waals surface area (Å²) in [5, 5.41) is 1.90. The number of carbonyl (C=O) groups excluding carboxylic acids is 2. The summed E-state index contributed by atoms with van der Waals surface area (Å²) in [4.78, 5) is 24.8. The average Bonchev–Trinajstić information content (AvgIpc) is 2.98. The van der Waals surface area contributed by atoms with Gasteiger partial charge in [-0.1, -0.05) is 32.3 Å². The van der Waals surface area contributed by atoms with Crippen molar-refractivity contribution in [1.82, 2.24) is 0 Å². The molecule has 0 bridgehead atoms. The second-order valence-electron chi connectivity index (χ2n) is 5.55. The number of hydrogen-bond donors (Lipinski definition) is 0. The Morgan fingerprint density at radius 3 is 2.63 bits per heavy atom. The van der Waals surface area contributed by atoms with Crippen molar-refractivity contribution in [3.63, 3.8) is 0 Å². The van der Waals surface area contributed by atoms with E-state index in [0.29, 0.717) is 18.8 Å². The van der Waals surface area contributed by atoms with Gasteiger partial charge in [-0.05, 0) is 30.2 Å². The molecule has 0 N–H and O–H groups in total. The molecule has 1 fully saturated rings. The average molecular weight is 278 g/mol. The first kappa shape index (κ1) is 14.4. The molecule has 3 heteroatoms. The molecule has 104 valence electrons. The molecule has 0 aromatic carbocycles.